The fourth-order valence-corrected chi connectivity index (χ4v) is 8.06. The fraction of sp³-hybridized carbons (Fsp3) is 0.286. The zero-order valence-corrected chi connectivity index (χ0v) is 25.8. The molecule has 8 rings (SSSR count). The number of aliphatic hydroxyl groups excluding tert-OH is 1. The first-order valence-corrected chi connectivity index (χ1v) is 16.3. The molecule has 5 heterocycles. The number of benzene rings is 2. The highest BCUT2D eigenvalue weighted by Gasteiger charge is 2.45. The molecule has 46 heavy (non-hydrogen) atoms. The molecule has 0 spiro atoms. The third-order valence-electron chi connectivity index (χ3n) is 9.22. The average Bonchev–Trinajstić information content (AvgIpc) is 3.89. The van der Waals surface area contributed by atoms with Crippen molar-refractivity contribution >= 4 is 23.2 Å². The summed E-state index contributed by atoms with van der Waals surface area (Å²) in [5.41, 5.74) is 5.89. The number of aromatic nitrogens is 3. The van der Waals surface area contributed by atoms with E-state index in [4.69, 9.17) is 9.40 Å². The highest BCUT2D eigenvalue weighted by molar-refractivity contribution is 7.17. The number of pyridine rings is 1. The first-order chi connectivity index (χ1) is 22.4. The first kappa shape index (κ1) is 28.7. The quantitative estimate of drug-likeness (QED) is 0.216. The second-order valence-corrected chi connectivity index (χ2v) is 13.1. The van der Waals surface area contributed by atoms with E-state index in [1.54, 1.807) is 25.1 Å². The molecule has 0 saturated carbocycles. The SMILES string of the molecule is Cc1nnc(-c2c(CCc3ccc(F)cc3)nc3c(c2-c2ccc(C(=O)N[C@H]4C[C@@H](O)c5ccccc54)s2)C(=O)N2CCC[C@@H]32)o1. The Labute approximate surface area is 268 Å². The van der Waals surface area contributed by atoms with E-state index in [0.717, 1.165) is 40.1 Å². The number of hydrogen-bond donors (Lipinski definition) is 2. The van der Waals surface area contributed by atoms with Crippen molar-refractivity contribution in [2.24, 2.45) is 0 Å². The Morgan fingerprint density at radius 3 is 2.63 bits per heavy atom. The summed E-state index contributed by atoms with van der Waals surface area (Å²) in [6.45, 7) is 2.37. The van der Waals surface area contributed by atoms with Crippen LogP contribution in [0.5, 0.6) is 0 Å². The standard InChI is InChI=1S/C35H30FN5O4S/c1-18-39-40-34(45-18)29-23(13-10-19-8-11-20(36)12-9-19)37-32-25-7-4-16-41(25)35(44)31(32)30(29)27-14-15-28(46-27)33(43)38-24-17-26(42)22-6-3-2-5-21(22)24/h2-3,5-6,8-9,11-12,14-15,24-26,42H,4,7,10,13,16-17H2,1H3,(H,38,43)/t24-,25-,26+/m0/s1. The van der Waals surface area contributed by atoms with Crippen LogP contribution in [0, 0.1) is 12.7 Å². The van der Waals surface area contributed by atoms with Crippen molar-refractivity contribution in [2.45, 2.75) is 57.2 Å². The number of aliphatic hydroxyl groups is 1. The molecule has 2 N–H and O–H groups in total. The highest BCUT2D eigenvalue weighted by atomic mass is 32.1. The van der Waals surface area contributed by atoms with Gasteiger partial charge in [-0.25, -0.2) is 4.39 Å². The molecule has 232 valence electrons. The smallest absolute Gasteiger partial charge is 0.261 e. The molecule has 2 aliphatic heterocycles. The number of aryl methyl sites for hydroxylation is 3. The molecule has 1 saturated heterocycles. The third-order valence-corrected chi connectivity index (χ3v) is 10.3. The molecule has 2 aromatic carbocycles. The molecule has 9 nitrogen and oxygen atoms in total. The fourth-order valence-electron chi connectivity index (χ4n) is 7.09. The lowest BCUT2D eigenvalue weighted by molar-refractivity contribution is 0.0775. The monoisotopic (exact) mass is 635 g/mol. The van der Waals surface area contributed by atoms with Crippen LogP contribution in [0.25, 0.3) is 21.9 Å². The summed E-state index contributed by atoms with van der Waals surface area (Å²) < 4.78 is 19.6. The summed E-state index contributed by atoms with van der Waals surface area (Å²) in [6.07, 6.45) is 2.59. The lowest BCUT2D eigenvalue weighted by atomic mass is 9.93. The van der Waals surface area contributed by atoms with E-state index in [1.807, 2.05) is 35.2 Å². The van der Waals surface area contributed by atoms with Gasteiger partial charge in [0.2, 0.25) is 11.8 Å². The molecule has 3 atom stereocenters. The normalized spacial score (nSPS) is 19.8. The van der Waals surface area contributed by atoms with Crippen molar-refractivity contribution in [3.05, 3.63) is 111 Å². The Morgan fingerprint density at radius 1 is 1.04 bits per heavy atom. The molecular weight excluding hydrogens is 605 g/mol. The number of nitrogens with zero attached hydrogens (tertiary/aromatic N) is 4. The molecule has 0 unspecified atom stereocenters. The van der Waals surface area contributed by atoms with Crippen molar-refractivity contribution in [3.8, 4) is 21.9 Å². The minimum atomic E-state index is -0.631. The van der Waals surface area contributed by atoms with E-state index in [9.17, 15) is 19.1 Å². The van der Waals surface area contributed by atoms with Gasteiger partial charge in [-0.1, -0.05) is 36.4 Å². The number of rotatable bonds is 7. The van der Waals surface area contributed by atoms with Gasteiger partial charge < -0.3 is 19.7 Å². The molecule has 2 amide bonds. The zero-order valence-electron chi connectivity index (χ0n) is 25.0. The Bertz CT molecular complexity index is 2000. The van der Waals surface area contributed by atoms with E-state index in [2.05, 4.69) is 15.5 Å². The molecule has 0 bridgehead atoms. The van der Waals surface area contributed by atoms with E-state index in [-0.39, 0.29) is 35.6 Å². The molecule has 1 aliphatic carbocycles. The van der Waals surface area contributed by atoms with Gasteiger partial charge in [-0.05, 0) is 66.6 Å². The predicted molar refractivity (Wildman–Crippen MR) is 169 cm³/mol. The van der Waals surface area contributed by atoms with Crippen molar-refractivity contribution < 1.29 is 23.5 Å². The molecular formula is C35H30FN5O4S. The summed E-state index contributed by atoms with van der Waals surface area (Å²) in [6, 6.07) is 17.2. The Morgan fingerprint density at radius 2 is 1.85 bits per heavy atom. The van der Waals surface area contributed by atoms with Gasteiger partial charge in [0.1, 0.15) is 5.82 Å². The lowest BCUT2D eigenvalue weighted by Crippen LogP contribution is -2.26. The topological polar surface area (TPSA) is 121 Å². The van der Waals surface area contributed by atoms with Crippen LogP contribution >= 0.6 is 11.3 Å². The van der Waals surface area contributed by atoms with Crippen molar-refractivity contribution in [1.29, 1.82) is 0 Å². The van der Waals surface area contributed by atoms with Gasteiger partial charge in [-0.3, -0.25) is 14.6 Å². The van der Waals surface area contributed by atoms with Gasteiger partial charge in [0.25, 0.3) is 11.8 Å². The molecule has 1 fully saturated rings. The maximum Gasteiger partial charge on any atom is 0.261 e. The molecule has 11 heteroatoms. The number of hydrogen-bond acceptors (Lipinski definition) is 8. The van der Waals surface area contributed by atoms with Gasteiger partial charge in [0.15, 0.2) is 0 Å². The summed E-state index contributed by atoms with van der Waals surface area (Å²) in [5.74, 6) is -0.00155. The van der Waals surface area contributed by atoms with E-state index < -0.39 is 6.10 Å². The van der Waals surface area contributed by atoms with Crippen LogP contribution in [0.15, 0.2) is 65.1 Å². The van der Waals surface area contributed by atoms with Crippen LogP contribution in [0.2, 0.25) is 0 Å². The summed E-state index contributed by atoms with van der Waals surface area (Å²) >= 11 is 1.29. The molecule has 3 aromatic heterocycles. The third kappa shape index (κ3) is 4.81. The molecule has 0 radical (unpaired) electrons. The number of carbonyl (C=O) groups excluding carboxylic acids is 2. The number of fused-ring (bicyclic) bond motifs is 4. The zero-order chi connectivity index (χ0) is 31.5. The molecule has 5 aromatic rings. The van der Waals surface area contributed by atoms with Crippen LogP contribution in [0.3, 0.4) is 0 Å². The number of nitrogens with one attached hydrogen (secondary N) is 1. The van der Waals surface area contributed by atoms with Gasteiger partial charge in [-0.2, -0.15) is 0 Å². The highest BCUT2D eigenvalue weighted by Crippen LogP contribution is 2.49. The number of amides is 2. The lowest BCUT2D eigenvalue weighted by Gasteiger charge is -2.16. The van der Waals surface area contributed by atoms with E-state index in [1.165, 1.54) is 23.5 Å². The molecule has 3 aliphatic rings. The largest absolute Gasteiger partial charge is 0.421 e. The van der Waals surface area contributed by atoms with E-state index >= 15 is 0 Å². The number of carbonyl (C=O) groups is 2. The van der Waals surface area contributed by atoms with Crippen molar-refractivity contribution in [3.63, 3.8) is 0 Å². The number of halogens is 1. The van der Waals surface area contributed by atoms with Gasteiger partial charge in [0.05, 0.1) is 45.6 Å². The predicted octanol–water partition coefficient (Wildman–Crippen LogP) is 6.29. The second kappa shape index (κ2) is 11.3. The van der Waals surface area contributed by atoms with Gasteiger partial charge >= 0.3 is 0 Å². The maximum absolute atomic E-state index is 14.0. The first-order valence-electron chi connectivity index (χ1n) is 15.5. The van der Waals surface area contributed by atoms with Crippen LogP contribution in [-0.2, 0) is 12.8 Å². The van der Waals surface area contributed by atoms with Crippen molar-refractivity contribution in [1.82, 2.24) is 25.4 Å². The second-order valence-electron chi connectivity index (χ2n) is 12.0. The summed E-state index contributed by atoms with van der Waals surface area (Å²) in [7, 11) is 0. The Balaban J connectivity index is 1.22. The van der Waals surface area contributed by atoms with Gasteiger partial charge in [0, 0.05) is 30.3 Å². The van der Waals surface area contributed by atoms with Crippen LogP contribution in [-0.4, -0.2) is 43.5 Å². The van der Waals surface area contributed by atoms with Crippen LogP contribution < -0.4 is 5.32 Å². The van der Waals surface area contributed by atoms with Crippen molar-refractivity contribution in [2.75, 3.05) is 6.54 Å². The van der Waals surface area contributed by atoms with Crippen LogP contribution in [0.4, 0.5) is 4.39 Å². The average molecular weight is 636 g/mol. The number of thiophene rings is 1. The summed E-state index contributed by atoms with van der Waals surface area (Å²) in [5, 5.41) is 22.1. The van der Waals surface area contributed by atoms with E-state index in [0.29, 0.717) is 59.0 Å². The summed E-state index contributed by atoms with van der Waals surface area (Å²) in [4.78, 5) is 35.8. The minimum absolute atomic E-state index is 0.0847. The maximum atomic E-state index is 14.0. The Hall–Kier alpha value is -4.74. The van der Waals surface area contributed by atoms with Crippen LogP contribution in [0.1, 0.15) is 91.4 Å². The van der Waals surface area contributed by atoms with Gasteiger partial charge in [-0.15, -0.1) is 21.5 Å². The minimum Gasteiger partial charge on any atom is -0.421 e. The Kier molecular flexibility index (Phi) is 7.02.